The molecule has 0 spiro atoms. The number of benzene rings is 1. The second-order valence-corrected chi connectivity index (χ2v) is 9.26. The summed E-state index contributed by atoms with van der Waals surface area (Å²) in [6.07, 6.45) is 4.58. The third kappa shape index (κ3) is 5.15. The van der Waals surface area contributed by atoms with Crippen LogP contribution in [-0.4, -0.2) is 59.7 Å². The van der Waals surface area contributed by atoms with Gasteiger partial charge in [-0.25, -0.2) is 0 Å². The maximum Gasteiger partial charge on any atom is 0.262 e. The Bertz CT molecular complexity index is 886. The highest BCUT2D eigenvalue weighted by molar-refractivity contribution is 7.12. The molecule has 3 heterocycles. The Morgan fingerprint density at radius 3 is 2.23 bits per heavy atom. The first-order chi connectivity index (χ1) is 15.1. The van der Waals surface area contributed by atoms with E-state index in [1.165, 1.54) is 11.3 Å². The van der Waals surface area contributed by atoms with Crippen LogP contribution in [0.3, 0.4) is 0 Å². The van der Waals surface area contributed by atoms with Crippen LogP contribution in [0.5, 0.6) is 0 Å². The zero-order valence-electron chi connectivity index (χ0n) is 17.7. The van der Waals surface area contributed by atoms with E-state index in [0.717, 1.165) is 32.4 Å². The van der Waals surface area contributed by atoms with E-state index in [2.05, 4.69) is 5.32 Å². The topological polar surface area (TPSA) is 69.7 Å². The Morgan fingerprint density at radius 2 is 1.58 bits per heavy atom. The molecule has 2 aliphatic rings. The van der Waals surface area contributed by atoms with Crippen LogP contribution in [0.1, 0.15) is 52.1 Å². The average Bonchev–Trinajstić information content (AvgIpc) is 3.38. The van der Waals surface area contributed by atoms with Crippen LogP contribution in [0, 0.1) is 5.92 Å². The fraction of sp³-hybridized carbons (Fsp3) is 0.458. The highest BCUT2D eigenvalue weighted by atomic mass is 32.1. The minimum atomic E-state index is -0.540. The van der Waals surface area contributed by atoms with Crippen LogP contribution in [0.4, 0.5) is 0 Å². The molecular weight excluding hydrogens is 410 g/mol. The molecule has 0 bridgehead atoms. The van der Waals surface area contributed by atoms with Crippen molar-refractivity contribution in [3.05, 3.63) is 58.3 Å². The molecule has 7 heteroatoms. The quantitative estimate of drug-likeness (QED) is 0.776. The van der Waals surface area contributed by atoms with Crippen LogP contribution in [-0.2, 0) is 4.79 Å². The predicted molar refractivity (Wildman–Crippen MR) is 121 cm³/mol. The Hall–Kier alpha value is -2.67. The minimum absolute atomic E-state index is 0.0254. The van der Waals surface area contributed by atoms with Gasteiger partial charge in [0.2, 0.25) is 5.91 Å². The van der Waals surface area contributed by atoms with E-state index in [4.69, 9.17) is 0 Å². The monoisotopic (exact) mass is 439 g/mol. The minimum Gasteiger partial charge on any atom is -0.341 e. The number of hydrogen-bond acceptors (Lipinski definition) is 4. The molecule has 1 N–H and O–H groups in total. The molecule has 1 unspecified atom stereocenters. The lowest BCUT2D eigenvalue weighted by Gasteiger charge is -2.38. The van der Waals surface area contributed by atoms with E-state index in [9.17, 15) is 14.4 Å². The number of carbonyl (C=O) groups excluding carboxylic acids is 3. The fourth-order valence-electron chi connectivity index (χ4n) is 4.51. The van der Waals surface area contributed by atoms with Crippen molar-refractivity contribution < 1.29 is 14.4 Å². The number of carbonyl (C=O) groups is 3. The Balaban J connectivity index is 1.44. The molecule has 1 aromatic heterocycles. The maximum absolute atomic E-state index is 13.4. The Kier molecular flexibility index (Phi) is 7.02. The molecule has 0 aliphatic carbocycles. The van der Waals surface area contributed by atoms with Crippen molar-refractivity contribution in [2.24, 2.45) is 5.92 Å². The first-order valence-electron chi connectivity index (χ1n) is 11.1. The van der Waals surface area contributed by atoms with Gasteiger partial charge in [0.1, 0.15) is 6.04 Å². The standard InChI is InChI=1S/C24H29N3O3S/c28-22(20-10-7-17-31-20)25-21(24(30)26-13-5-2-6-14-26)18-11-15-27(16-12-18)23(29)19-8-3-1-4-9-19/h1,3-4,7-10,17-18,21H,2,5-6,11-16H2,(H,25,28). The van der Waals surface area contributed by atoms with E-state index in [0.29, 0.717) is 36.4 Å². The van der Waals surface area contributed by atoms with Crippen molar-refractivity contribution in [3.63, 3.8) is 0 Å². The van der Waals surface area contributed by atoms with Crippen LogP contribution < -0.4 is 5.32 Å². The number of nitrogens with zero attached hydrogens (tertiary/aromatic N) is 2. The number of rotatable bonds is 5. The van der Waals surface area contributed by atoms with Gasteiger partial charge in [0, 0.05) is 31.7 Å². The third-order valence-corrected chi connectivity index (χ3v) is 7.15. The smallest absolute Gasteiger partial charge is 0.262 e. The van der Waals surface area contributed by atoms with Gasteiger partial charge in [0.25, 0.3) is 11.8 Å². The predicted octanol–water partition coefficient (Wildman–Crippen LogP) is 3.41. The van der Waals surface area contributed by atoms with Crippen molar-refractivity contribution in [2.75, 3.05) is 26.2 Å². The molecule has 164 valence electrons. The van der Waals surface area contributed by atoms with Gasteiger partial charge in [-0.05, 0) is 61.6 Å². The van der Waals surface area contributed by atoms with Gasteiger partial charge in [0.05, 0.1) is 4.88 Å². The van der Waals surface area contributed by atoms with Crippen LogP contribution in [0.15, 0.2) is 47.8 Å². The second kappa shape index (κ2) is 10.1. The maximum atomic E-state index is 13.4. The van der Waals surface area contributed by atoms with Crippen LogP contribution >= 0.6 is 11.3 Å². The summed E-state index contributed by atoms with van der Waals surface area (Å²) in [5.74, 6) is -0.107. The van der Waals surface area contributed by atoms with Gasteiger partial charge >= 0.3 is 0 Å². The van der Waals surface area contributed by atoms with Crippen molar-refractivity contribution >= 4 is 29.1 Å². The molecule has 2 aromatic rings. The summed E-state index contributed by atoms with van der Waals surface area (Å²) in [6.45, 7) is 2.71. The largest absolute Gasteiger partial charge is 0.341 e. The van der Waals surface area contributed by atoms with Gasteiger partial charge in [-0.15, -0.1) is 11.3 Å². The molecule has 2 fully saturated rings. The lowest BCUT2D eigenvalue weighted by molar-refractivity contribution is -0.136. The van der Waals surface area contributed by atoms with Crippen molar-refractivity contribution in [3.8, 4) is 0 Å². The van der Waals surface area contributed by atoms with E-state index in [1.807, 2.05) is 51.6 Å². The van der Waals surface area contributed by atoms with Crippen LogP contribution in [0.25, 0.3) is 0 Å². The number of thiophene rings is 1. The summed E-state index contributed by atoms with van der Waals surface area (Å²) in [4.78, 5) is 43.3. The number of hydrogen-bond donors (Lipinski definition) is 1. The molecule has 6 nitrogen and oxygen atoms in total. The Morgan fingerprint density at radius 1 is 0.871 bits per heavy atom. The van der Waals surface area contributed by atoms with Gasteiger partial charge in [0.15, 0.2) is 0 Å². The summed E-state index contributed by atoms with van der Waals surface area (Å²) in [5.41, 5.74) is 0.688. The fourth-order valence-corrected chi connectivity index (χ4v) is 5.14. The van der Waals surface area contributed by atoms with Gasteiger partial charge in [-0.1, -0.05) is 24.3 Å². The molecule has 2 aliphatic heterocycles. The van der Waals surface area contributed by atoms with E-state index in [1.54, 1.807) is 6.07 Å². The van der Waals surface area contributed by atoms with E-state index >= 15 is 0 Å². The van der Waals surface area contributed by atoms with Gasteiger partial charge in [-0.2, -0.15) is 0 Å². The van der Waals surface area contributed by atoms with Gasteiger partial charge in [-0.3, -0.25) is 14.4 Å². The van der Waals surface area contributed by atoms with E-state index < -0.39 is 6.04 Å². The van der Waals surface area contributed by atoms with Crippen molar-refractivity contribution in [1.82, 2.24) is 15.1 Å². The summed E-state index contributed by atoms with van der Waals surface area (Å²) in [5, 5.41) is 4.90. The average molecular weight is 440 g/mol. The third-order valence-electron chi connectivity index (χ3n) is 6.28. The first-order valence-corrected chi connectivity index (χ1v) is 12.0. The highest BCUT2D eigenvalue weighted by Crippen LogP contribution is 2.25. The Labute approximate surface area is 187 Å². The summed E-state index contributed by atoms with van der Waals surface area (Å²) >= 11 is 1.38. The molecule has 1 atom stereocenters. The number of amides is 3. The molecule has 3 amide bonds. The zero-order chi connectivity index (χ0) is 21.6. The van der Waals surface area contributed by atoms with Gasteiger partial charge < -0.3 is 15.1 Å². The normalized spacial score (nSPS) is 18.5. The van der Waals surface area contributed by atoms with Crippen molar-refractivity contribution in [2.45, 2.75) is 38.1 Å². The summed E-state index contributed by atoms with van der Waals surface area (Å²) < 4.78 is 0. The second-order valence-electron chi connectivity index (χ2n) is 8.31. The molecule has 1 aromatic carbocycles. The molecule has 2 saturated heterocycles. The first kappa shape index (κ1) is 21.6. The zero-order valence-corrected chi connectivity index (χ0v) is 18.5. The lowest BCUT2D eigenvalue weighted by Crippen LogP contribution is -2.55. The van der Waals surface area contributed by atoms with E-state index in [-0.39, 0.29) is 23.6 Å². The molecule has 4 rings (SSSR count). The lowest BCUT2D eigenvalue weighted by atomic mass is 9.87. The SMILES string of the molecule is O=C(NC(C(=O)N1CCCCC1)C1CCN(C(=O)c2ccccc2)CC1)c1cccs1. The molecule has 0 radical (unpaired) electrons. The summed E-state index contributed by atoms with van der Waals surface area (Å²) in [6, 6.07) is 12.4. The molecule has 31 heavy (non-hydrogen) atoms. The van der Waals surface area contributed by atoms with Crippen molar-refractivity contribution in [1.29, 1.82) is 0 Å². The summed E-state index contributed by atoms with van der Waals surface area (Å²) in [7, 11) is 0. The number of piperidine rings is 2. The number of likely N-dealkylation sites (tertiary alicyclic amines) is 2. The highest BCUT2D eigenvalue weighted by Gasteiger charge is 2.36. The molecule has 0 saturated carbocycles. The molecular formula is C24H29N3O3S. The van der Waals surface area contributed by atoms with Crippen LogP contribution in [0.2, 0.25) is 0 Å². The number of nitrogens with one attached hydrogen (secondary N) is 1.